The van der Waals surface area contributed by atoms with Crippen LogP contribution in [0.1, 0.15) is 37.6 Å². The van der Waals surface area contributed by atoms with E-state index in [1.54, 1.807) is 13.8 Å². The van der Waals surface area contributed by atoms with E-state index in [0.717, 1.165) is 4.31 Å². The van der Waals surface area contributed by atoms with E-state index in [-0.39, 0.29) is 29.7 Å². The van der Waals surface area contributed by atoms with Gasteiger partial charge in [0.15, 0.2) is 5.78 Å². The maximum Gasteiger partial charge on any atom is 0.304 e. The summed E-state index contributed by atoms with van der Waals surface area (Å²) in [6, 6.07) is 5.37. The number of sulfonamides is 1. The number of carboxylic acid groups (broad SMARTS) is 1. The molecule has 0 aliphatic heterocycles. The van der Waals surface area contributed by atoms with Crippen molar-refractivity contribution in [3.63, 3.8) is 0 Å². The predicted octanol–water partition coefficient (Wildman–Crippen LogP) is 1.76. The summed E-state index contributed by atoms with van der Waals surface area (Å²) in [5, 5.41) is 8.73. The van der Waals surface area contributed by atoms with Gasteiger partial charge in [-0.05, 0) is 32.9 Å². The molecule has 0 unspecified atom stereocenters. The van der Waals surface area contributed by atoms with Crippen LogP contribution in [0.15, 0.2) is 29.2 Å². The normalized spacial score (nSPS) is 11.9. The molecule has 1 aromatic rings. The van der Waals surface area contributed by atoms with E-state index in [1.165, 1.54) is 31.2 Å². The molecule has 0 saturated heterocycles. The fraction of sp³-hybridized carbons (Fsp3) is 0.429. The average Bonchev–Trinajstić information content (AvgIpc) is 2.37. The first-order valence-corrected chi connectivity index (χ1v) is 7.95. The summed E-state index contributed by atoms with van der Waals surface area (Å²) in [5.41, 5.74) is 0.304. The van der Waals surface area contributed by atoms with Crippen LogP contribution >= 0.6 is 0 Å². The smallest absolute Gasteiger partial charge is 0.304 e. The van der Waals surface area contributed by atoms with Crippen molar-refractivity contribution in [2.45, 2.75) is 38.1 Å². The quantitative estimate of drug-likeness (QED) is 0.774. The highest BCUT2D eigenvalue weighted by molar-refractivity contribution is 7.89. The second-order valence-electron chi connectivity index (χ2n) is 4.94. The second kappa shape index (κ2) is 6.82. The number of hydrogen-bond acceptors (Lipinski definition) is 4. The van der Waals surface area contributed by atoms with E-state index >= 15 is 0 Å². The molecule has 0 spiro atoms. The van der Waals surface area contributed by atoms with E-state index < -0.39 is 16.0 Å². The molecule has 0 aliphatic rings. The molecule has 0 saturated carbocycles. The van der Waals surface area contributed by atoms with Crippen molar-refractivity contribution < 1.29 is 23.1 Å². The van der Waals surface area contributed by atoms with E-state index in [1.807, 2.05) is 0 Å². The Kier molecular flexibility index (Phi) is 5.62. The molecule has 0 fully saturated rings. The Bertz CT molecular complexity index is 637. The number of Topliss-reactive ketones (excluding diaryl/α,β-unsaturated/α-hetero) is 1. The van der Waals surface area contributed by atoms with Gasteiger partial charge in [0.2, 0.25) is 10.0 Å². The zero-order chi connectivity index (χ0) is 16.2. The van der Waals surface area contributed by atoms with Gasteiger partial charge in [0.05, 0.1) is 11.3 Å². The van der Waals surface area contributed by atoms with Crippen molar-refractivity contribution in [2.75, 3.05) is 6.54 Å². The van der Waals surface area contributed by atoms with Gasteiger partial charge in [-0.15, -0.1) is 0 Å². The average molecular weight is 313 g/mol. The van der Waals surface area contributed by atoms with Crippen molar-refractivity contribution >= 4 is 21.8 Å². The largest absolute Gasteiger partial charge is 0.481 e. The molecule has 0 radical (unpaired) electrons. The Morgan fingerprint density at radius 3 is 2.38 bits per heavy atom. The Morgan fingerprint density at radius 2 is 1.90 bits per heavy atom. The van der Waals surface area contributed by atoms with Crippen molar-refractivity contribution in [3.05, 3.63) is 29.8 Å². The molecule has 21 heavy (non-hydrogen) atoms. The number of carbonyl (C=O) groups is 2. The summed E-state index contributed by atoms with van der Waals surface area (Å²) in [6.45, 7) is 4.60. The summed E-state index contributed by atoms with van der Waals surface area (Å²) in [5.74, 6) is -1.29. The minimum Gasteiger partial charge on any atom is -0.481 e. The fourth-order valence-electron chi connectivity index (χ4n) is 1.87. The lowest BCUT2D eigenvalue weighted by atomic mass is 10.2. The standard InChI is InChI=1S/C14H19NO5S/c1-10(2)15(8-7-14(17)18)21(19,20)13-6-4-5-12(9-13)11(3)16/h4-6,9-10H,7-8H2,1-3H3,(H,17,18). The van der Waals surface area contributed by atoms with Crippen molar-refractivity contribution in [2.24, 2.45) is 0 Å². The molecule has 6 nitrogen and oxygen atoms in total. The highest BCUT2D eigenvalue weighted by Gasteiger charge is 2.27. The molecule has 1 aromatic carbocycles. The summed E-state index contributed by atoms with van der Waals surface area (Å²) < 4.78 is 26.3. The van der Waals surface area contributed by atoms with Crippen LogP contribution < -0.4 is 0 Å². The minimum absolute atomic E-state index is 0.00529. The minimum atomic E-state index is -3.83. The van der Waals surface area contributed by atoms with Crippen LogP contribution in [-0.2, 0) is 14.8 Å². The third-order valence-corrected chi connectivity index (χ3v) is 5.04. The molecule has 0 atom stereocenters. The summed E-state index contributed by atoms with van der Waals surface area (Å²) in [4.78, 5) is 22.0. The molecule has 0 amide bonds. The number of carbonyl (C=O) groups excluding carboxylic acids is 1. The molecular formula is C14H19NO5S. The van der Waals surface area contributed by atoms with Gasteiger partial charge >= 0.3 is 5.97 Å². The van der Waals surface area contributed by atoms with Gasteiger partial charge in [0.25, 0.3) is 0 Å². The Labute approximate surface area is 124 Å². The SMILES string of the molecule is CC(=O)c1cccc(S(=O)(=O)N(CCC(=O)O)C(C)C)c1. The molecule has 116 valence electrons. The highest BCUT2D eigenvalue weighted by Crippen LogP contribution is 2.20. The maximum atomic E-state index is 12.6. The van der Waals surface area contributed by atoms with Gasteiger partial charge < -0.3 is 5.11 Å². The van der Waals surface area contributed by atoms with Crippen LogP contribution in [0.25, 0.3) is 0 Å². The first kappa shape index (κ1) is 17.3. The molecule has 0 heterocycles. The molecule has 0 aromatic heterocycles. The van der Waals surface area contributed by atoms with Gasteiger partial charge in [-0.2, -0.15) is 4.31 Å². The molecule has 7 heteroatoms. The van der Waals surface area contributed by atoms with Crippen LogP contribution in [0, 0.1) is 0 Å². The molecule has 1 rings (SSSR count). The zero-order valence-electron chi connectivity index (χ0n) is 12.2. The first-order valence-electron chi connectivity index (χ1n) is 6.51. The molecule has 1 N–H and O–H groups in total. The number of aliphatic carboxylic acids is 1. The number of nitrogens with zero attached hydrogens (tertiary/aromatic N) is 1. The van der Waals surface area contributed by atoms with Gasteiger partial charge in [-0.3, -0.25) is 9.59 Å². The van der Waals surface area contributed by atoms with Crippen LogP contribution in [0.2, 0.25) is 0 Å². The number of benzene rings is 1. The van der Waals surface area contributed by atoms with Crippen molar-refractivity contribution in [1.82, 2.24) is 4.31 Å². The molecule has 0 bridgehead atoms. The van der Waals surface area contributed by atoms with Crippen LogP contribution in [0.3, 0.4) is 0 Å². The zero-order valence-corrected chi connectivity index (χ0v) is 13.1. The lowest BCUT2D eigenvalue weighted by molar-refractivity contribution is -0.137. The van der Waals surface area contributed by atoms with Crippen molar-refractivity contribution in [3.8, 4) is 0 Å². The number of rotatable bonds is 7. The van der Waals surface area contributed by atoms with Crippen LogP contribution in [0.5, 0.6) is 0 Å². The summed E-state index contributed by atoms with van der Waals surface area (Å²) in [6.07, 6.45) is -0.274. The number of ketones is 1. The monoisotopic (exact) mass is 313 g/mol. The summed E-state index contributed by atoms with van der Waals surface area (Å²) >= 11 is 0. The lowest BCUT2D eigenvalue weighted by Gasteiger charge is -2.25. The third-order valence-electron chi connectivity index (χ3n) is 2.97. The molecular weight excluding hydrogens is 294 g/mol. The Hall–Kier alpha value is -1.73. The Balaban J connectivity index is 3.19. The van der Waals surface area contributed by atoms with Crippen LogP contribution in [0.4, 0.5) is 0 Å². The maximum absolute atomic E-state index is 12.6. The first-order chi connectivity index (χ1) is 9.66. The fourth-order valence-corrected chi connectivity index (χ4v) is 3.56. The van der Waals surface area contributed by atoms with Crippen molar-refractivity contribution in [1.29, 1.82) is 0 Å². The third kappa shape index (κ3) is 4.37. The predicted molar refractivity (Wildman–Crippen MR) is 77.7 cm³/mol. The lowest BCUT2D eigenvalue weighted by Crippen LogP contribution is -2.38. The highest BCUT2D eigenvalue weighted by atomic mass is 32.2. The number of hydrogen-bond donors (Lipinski definition) is 1. The van der Waals surface area contributed by atoms with Gasteiger partial charge in [-0.1, -0.05) is 12.1 Å². The van der Waals surface area contributed by atoms with Gasteiger partial charge in [0, 0.05) is 18.2 Å². The van der Waals surface area contributed by atoms with E-state index in [0.29, 0.717) is 5.56 Å². The van der Waals surface area contributed by atoms with Gasteiger partial charge in [-0.25, -0.2) is 8.42 Å². The topological polar surface area (TPSA) is 91.8 Å². The van der Waals surface area contributed by atoms with E-state index in [4.69, 9.17) is 5.11 Å². The van der Waals surface area contributed by atoms with E-state index in [9.17, 15) is 18.0 Å². The van der Waals surface area contributed by atoms with Gasteiger partial charge in [0.1, 0.15) is 0 Å². The second-order valence-corrected chi connectivity index (χ2v) is 6.83. The van der Waals surface area contributed by atoms with Crippen LogP contribution in [-0.4, -0.2) is 42.2 Å². The molecule has 0 aliphatic carbocycles. The number of carboxylic acids is 1. The van der Waals surface area contributed by atoms with E-state index in [2.05, 4.69) is 0 Å². The summed E-state index contributed by atoms with van der Waals surface area (Å²) in [7, 11) is -3.83. The Morgan fingerprint density at radius 1 is 1.29 bits per heavy atom.